The van der Waals surface area contributed by atoms with Crippen molar-refractivity contribution in [1.29, 1.82) is 0 Å². The summed E-state index contributed by atoms with van der Waals surface area (Å²) in [4.78, 5) is 1.25. The molecular weight excluding hydrogens is 292 g/mol. The molecule has 1 atom stereocenters. The lowest BCUT2D eigenvalue weighted by Gasteiger charge is -2.23. The van der Waals surface area contributed by atoms with Crippen LogP contribution in [0.5, 0.6) is 0 Å². The molecule has 0 saturated carbocycles. The molecule has 1 aromatic carbocycles. The molecule has 1 heterocycles. The molecule has 2 rings (SSSR count). The zero-order valence-electron chi connectivity index (χ0n) is 11.7. The molecule has 0 radical (unpaired) electrons. The fraction of sp³-hybridized carbons (Fsp3) is 0.286. The summed E-state index contributed by atoms with van der Waals surface area (Å²) in [7, 11) is -1.95. The lowest BCUT2D eigenvalue weighted by Crippen LogP contribution is -2.29. The van der Waals surface area contributed by atoms with E-state index in [1.165, 1.54) is 10.4 Å². The smallest absolute Gasteiger partial charge is 0.243 e. The van der Waals surface area contributed by atoms with E-state index in [1.54, 1.807) is 30.5 Å². The van der Waals surface area contributed by atoms with Crippen LogP contribution >= 0.6 is 11.3 Å². The zero-order chi connectivity index (χ0) is 14.9. The summed E-state index contributed by atoms with van der Waals surface area (Å²) in [6, 6.07) is 8.54. The van der Waals surface area contributed by atoms with Crippen molar-refractivity contribution in [2.45, 2.75) is 24.8 Å². The first kappa shape index (κ1) is 15.0. The van der Waals surface area contributed by atoms with Gasteiger partial charge in [0.25, 0.3) is 0 Å². The second-order valence-electron chi connectivity index (χ2n) is 4.79. The Bertz CT molecular complexity index is 674. The van der Waals surface area contributed by atoms with E-state index >= 15 is 0 Å². The van der Waals surface area contributed by atoms with Gasteiger partial charge in [-0.05, 0) is 49.1 Å². The third kappa shape index (κ3) is 2.87. The van der Waals surface area contributed by atoms with Gasteiger partial charge in [0.1, 0.15) is 0 Å². The Morgan fingerprint density at radius 3 is 2.55 bits per heavy atom. The van der Waals surface area contributed by atoms with Crippen molar-refractivity contribution < 1.29 is 8.42 Å². The summed E-state index contributed by atoms with van der Waals surface area (Å²) in [5.74, 6) is 0. The minimum Gasteiger partial charge on any atom is -0.399 e. The number of nitrogen functional groups attached to an aromatic ring is 1. The van der Waals surface area contributed by atoms with Gasteiger partial charge in [0.05, 0.1) is 10.9 Å². The molecule has 0 saturated heterocycles. The Hall–Kier alpha value is -1.37. The third-order valence-corrected chi connectivity index (χ3v) is 6.20. The van der Waals surface area contributed by atoms with Gasteiger partial charge in [-0.15, -0.1) is 11.3 Å². The second-order valence-corrected chi connectivity index (χ2v) is 7.77. The largest absolute Gasteiger partial charge is 0.399 e. The van der Waals surface area contributed by atoms with E-state index in [9.17, 15) is 8.42 Å². The molecule has 2 aromatic rings. The van der Waals surface area contributed by atoms with Crippen LogP contribution in [0, 0.1) is 6.92 Å². The quantitative estimate of drug-likeness (QED) is 0.883. The number of nitrogens with two attached hydrogens (primary N) is 1. The number of aryl methyl sites for hydroxylation is 1. The van der Waals surface area contributed by atoms with Crippen molar-refractivity contribution >= 4 is 27.0 Å². The minimum atomic E-state index is -3.55. The highest BCUT2D eigenvalue weighted by Crippen LogP contribution is 2.29. The van der Waals surface area contributed by atoms with Crippen LogP contribution in [-0.4, -0.2) is 19.8 Å². The van der Waals surface area contributed by atoms with Gasteiger partial charge in [0, 0.05) is 17.6 Å². The molecule has 0 fully saturated rings. The number of sulfonamides is 1. The number of thiophene rings is 1. The van der Waals surface area contributed by atoms with Crippen molar-refractivity contribution in [2.24, 2.45) is 0 Å². The van der Waals surface area contributed by atoms with Gasteiger partial charge in [-0.1, -0.05) is 6.07 Å². The lowest BCUT2D eigenvalue weighted by molar-refractivity contribution is 0.403. The van der Waals surface area contributed by atoms with Gasteiger partial charge < -0.3 is 5.73 Å². The van der Waals surface area contributed by atoms with E-state index in [2.05, 4.69) is 0 Å². The third-order valence-electron chi connectivity index (χ3n) is 3.25. The molecule has 0 aliphatic carbocycles. The fourth-order valence-corrected chi connectivity index (χ4v) is 4.38. The van der Waals surface area contributed by atoms with E-state index in [0.717, 1.165) is 10.4 Å². The first-order chi connectivity index (χ1) is 9.32. The first-order valence-corrected chi connectivity index (χ1v) is 8.53. The maximum Gasteiger partial charge on any atom is 0.243 e. The van der Waals surface area contributed by atoms with E-state index < -0.39 is 10.0 Å². The summed E-state index contributed by atoms with van der Waals surface area (Å²) in [5.41, 5.74) is 7.04. The van der Waals surface area contributed by atoms with Crippen LogP contribution in [0.15, 0.2) is 40.6 Å². The van der Waals surface area contributed by atoms with Crippen LogP contribution in [0.4, 0.5) is 5.69 Å². The second kappa shape index (κ2) is 5.55. The monoisotopic (exact) mass is 310 g/mol. The predicted molar refractivity (Wildman–Crippen MR) is 83.3 cm³/mol. The summed E-state index contributed by atoms with van der Waals surface area (Å²) in [6.45, 7) is 3.71. The number of anilines is 1. The highest BCUT2D eigenvalue weighted by Gasteiger charge is 2.27. The molecule has 1 aromatic heterocycles. The van der Waals surface area contributed by atoms with Crippen molar-refractivity contribution in [1.82, 2.24) is 4.31 Å². The van der Waals surface area contributed by atoms with Crippen molar-refractivity contribution in [2.75, 3.05) is 12.8 Å². The summed E-state index contributed by atoms with van der Waals surface area (Å²) < 4.78 is 26.7. The van der Waals surface area contributed by atoms with Gasteiger partial charge >= 0.3 is 0 Å². The molecule has 0 amide bonds. The Kier molecular flexibility index (Phi) is 4.17. The van der Waals surface area contributed by atoms with Crippen LogP contribution < -0.4 is 5.73 Å². The minimum absolute atomic E-state index is 0.207. The molecule has 0 spiro atoms. The van der Waals surface area contributed by atoms with Gasteiger partial charge in [0.15, 0.2) is 0 Å². The highest BCUT2D eigenvalue weighted by molar-refractivity contribution is 7.89. The van der Waals surface area contributed by atoms with Gasteiger partial charge in [-0.25, -0.2) is 8.42 Å². The van der Waals surface area contributed by atoms with Crippen LogP contribution in [-0.2, 0) is 10.0 Å². The molecule has 0 aliphatic heterocycles. The van der Waals surface area contributed by atoms with Crippen molar-refractivity contribution in [3.63, 3.8) is 0 Å². The Balaban J connectivity index is 2.39. The number of hydrogen-bond acceptors (Lipinski definition) is 4. The van der Waals surface area contributed by atoms with Crippen molar-refractivity contribution in [3.05, 3.63) is 46.2 Å². The fourth-order valence-electron chi connectivity index (χ4n) is 2.01. The average molecular weight is 310 g/mol. The molecule has 6 heteroatoms. The predicted octanol–water partition coefficient (Wildman–Crippen LogP) is 3.02. The summed E-state index contributed by atoms with van der Waals surface area (Å²) in [5, 5.41) is 1.94. The van der Waals surface area contributed by atoms with Gasteiger partial charge in [-0.3, -0.25) is 0 Å². The molecule has 0 bridgehead atoms. The van der Waals surface area contributed by atoms with Gasteiger partial charge in [-0.2, -0.15) is 4.31 Å². The SMILES string of the molecule is Cc1cc(N)cc(S(=O)(=O)N(C)C(C)c2cccs2)c1. The molecule has 2 N–H and O–H groups in total. The molecule has 4 nitrogen and oxygen atoms in total. The highest BCUT2D eigenvalue weighted by atomic mass is 32.2. The average Bonchev–Trinajstić information content (AvgIpc) is 2.89. The van der Waals surface area contributed by atoms with Crippen molar-refractivity contribution in [3.8, 4) is 0 Å². The lowest BCUT2D eigenvalue weighted by atomic mass is 10.2. The van der Waals surface area contributed by atoms with E-state index in [1.807, 2.05) is 31.4 Å². The Morgan fingerprint density at radius 2 is 2.00 bits per heavy atom. The molecule has 0 aliphatic rings. The standard InChI is InChI=1S/C14H18N2O2S2/c1-10-7-12(15)9-13(8-10)20(17,18)16(3)11(2)14-5-4-6-19-14/h4-9,11H,15H2,1-3H3. The first-order valence-electron chi connectivity index (χ1n) is 6.21. The van der Waals surface area contributed by atoms with E-state index in [0.29, 0.717) is 5.69 Å². The Morgan fingerprint density at radius 1 is 1.30 bits per heavy atom. The number of rotatable bonds is 4. The van der Waals surface area contributed by atoms with Crippen LogP contribution in [0.2, 0.25) is 0 Å². The molecule has 1 unspecified atom stereocenters. The van der Waals surface area contributed by atoms with Crippen LogP contribution in [0.3, 0.4) is 0 Å². The molecular formula is C14H18N2O2S2. The maximum absolute atomic E-state index is 12.6. The topological polar surface area (TPSA) is 63.4 Å². The maximum atomic E-state index is 12.6. The number of hydrogen-bond donors (Lipinski definition) is 1. The Labute approximate surface area is 123 Å². The summed E-state index contributed by atoms with van der Waals surface area (Å²) in [6.07, 6.45) is 0. The van der Waals surface area contributed by atoms with Crippen LogP contribution in [0.1, 0.15) is 23.4 Å². The molecule has 20 heavy (non-hydrogen) atoms. The molecule has 108 valence electrons. The number of nitrogens with zero attached hydrogens (tertiary/aromatic N) is 1. The van der Waals surface area contributed by atoms with Crippen LogP contribution in [0.25, 0.3) is 0 Å². The van der Waals surface area contributed by atoms with E-state index in [-0.39, 0.29) is 10.9 Å². The van der Waals surface area contributed by atoms with Gasteiger partial charge in [0.2, 0.25) is 10.0 Å². The zero-order valence-corrected chi connectivity index (χ0v) is 13.3. The van der Waals surface area contributed by atoms with E-state index in [4.69, 9.17) is 5.73 Å². The normalized spacial score (nSPS) is 13.6. The summed E-state index contributed by atoms with van der Waals surface area (Å²) >= 11 is 1.55. The number of benzene rings is 1.